The minimum Gasteiger partial charge on any atom is -0.467 e. The van der Waals surface area contributed by atoms with Gasteiger partial charge in [-0.3, -0.25) is 4.79 Å². The van der Waals surface area contributed by atoms with Gasteiger partial charge >= 0.3 is 5.97 Å². The number of fused-ring (bicyclic) bond motifs is 1. The van der Waals surface area contributed by atoms with Crippen LogP contribution in [0.4, 0.5) is 0 Å². The molecule has 0 aliphatic rings. The van der Waals surface area contributed by atoms with E-state index in [2.05, 4.69) is 10.3 Å². The fraction of sp³-hybridized carbons (Fsp3) is 0.158. The third-order valence-electron chi connectivity index (χ3n) is 3.89. The molecule has 1 atom stereocenters. The number of hydrogen-bond acceptors (Lipinski definition) is 3. The molecule has 0 aliphatic carbocycles. The molecule has 1 heterocycles. The maximum Gasteiger partial charge on any atom is 0.328 e. The Balaban J connectivity index is 1.78. The highest BCUT2D eigenvalue weighted by Crippen LogP contribution is 2.14. The molecule has 5 nitrogen and oxygen atoms in total. The molecule has 1 aromatic heterocycles. The standard InChI is InChI=1S/C19H18N2O3/c1-24-19(23)17(11-13-5-3-2-4-6-13)21-18(22)15-8-7-14-9-10-20-16(14)12-15/h2-10,12,17,20H,11H2,1H3,(H,21,22). The third-order valence-corrected chi connectivity index (χ3v) is 3.89. The highest BCUT2D eigenvalue weighted by atomic mass is 16.5. The zero-order valence-corrected chi connectivity index (χ0v) is 13.3. The van der Waals surface area contributed by atoms with Gasteiger partial charge < -0.3 is 15.0 Å². The SMILES string of the molecule is COC(=O)C(Cc1ccccc1)NC(=O)c1ccc2cc[nH]c2c1. The smallest absolute Gasteiger partial charge is 0.328 e. The molecule has 2 N–H and O–H groups in total. The first-order chi connectivity index (χ1) is 11.7. The first kappa shape index (κ1) is 15.8. The van der Waals surface area contributed by atoms with Gasteiger partial charge in [-0.15, -0.1) is 0 Å². The highest BCUT2D eigenvalue weighted by Gasteiger charge is 2.22. The number of ether oxygens (including phenoxy) is 1. The van der Waals surface area contributed by atoms with Crippen molar-refractivity contribution in [2.24, 2.45) is 0 Å². The van der Waals surface area contributed by atoms with Crippen molar-refractivity contribution in [3.8, 4) is 0 Å². The van der Waals surface area contributed by atoms with Gasteiger partial charge in [-0.1, -0.05) is 36.4 Å². The first-order valence-electron chi connectivity index (χ1n) is 7.67. The first-order valence-corrected chi connectivity index (χ1v) is 7.67. The number of amides is 1. The van der Waals surface area contributed by atoms with Crippen LogP contribution in [0.15, 0.2) is 60.8 Å². The van der Waals surface area contributed by atoms with Crippen LogP contribution in [0.5, 0.6) is 0 Å². The van der Waals surface area contributed by atoms with Gasteiger partial charge in [0.25, 0.3) is 5.91 Å². The predicted molar refractivity (Wildman–Crippen MR) is 91.7 cm³/mol. The van der Waals surface area contributed by atoms with E-state index in [0.29, 0.717) is 12.0 Å². The summed E-state index contributed by atoms with van der Waals surface area (Å²) in [5, 5.41) is 3.79. The molecule has 0 saturated heterocycles. The average molecular weight is 322 g/mol. The Hall–Kier alpha value is -3.08. The van der Waals surface area contributed by atoms with Crippen molar-refractivity contribution >= 4 is 22.8 Å². The second-order valence-electron chi connectivity index (χ2n) is 5.52. The predicted octanol–water partition coefficient (Wildman–Crippen LogP) is 2.68. The molecule has 0 fully saturated rings. The van der Waals surface area contributed by atoms with Crippen LogP contribution in [0.25, 0.3) is 10.9 Å². The van der Waals surface area contributed by atoms with E-state index in [4.69, 9.17) is 4.74 Å². The van der Waals surface area contributed by atoms with Crippen molar-refractivity contribution < 1.29 is 14.3 Å². The van der Waals surface area contributed by atoms with Gasteiger partial charge in [-0.25, -0.2) is 4.79 Å². The Morgan fingerprint density at radius 2 is 1.92 bits per heavy atom. The lowest BCUT2D eigenvalue weighted by atomic mass is 10.1. The van der Waals surface area contributed by atoms with Gasteiger partial charge in [0.2, 0.25) is 0 Å². The molecule has 0 aliphatic heterocycles. The average Bonchev–Trinajstić information content (AvgIpc) is 3.09. The molecule has 122 valence electrons. The van der Waals surface area contributed by atoms with Crippen LogP contribution >= 0.6 is 0 Å². The monoisotopic (exact) mass is 322 g/mol. The molecule has 1 unspecified atom stereocenters. The van der Waals surface area contributed by atoms with Crippen molar-refractivity contribution in [2.75, 3.05) is 7.11 Å². The Kier molecular flexibility index (Phi) is 4.61. The van der Waals surface area contributed by atoms with E-state index in [9.17, 15) is 9.59 Å². The van der Waals surface area contributed by atoms with Crippen molar-refractivity contribution in [1.82, 2.24) is 10.3 Å². The number of methoxy groups -OCH3 is 1. The molecule has 0 saturated carbocycles. The number of aromatic nitrogens is 1. The Bertz CT molecular complexity index is 855. The highest BCUT2D eigenvalue weighted by molar-refractivity contribution is 5.99. The minimum absolute atomic E-state index is 0.308. The number of nitrogens with one attached hydrogen (secondary N) is 2. The molecule has 0 radical (unpaired) electrons. The topological polar surface area (TPSA) is 71.2 Å². The van der Waals surface area contributed by atoms with Crippen LogP contribution in [-0.4, -0.2) is 30.0 Å². The second-order valence-corrected chi connectivity index (χ2v) is 5.52. The van der Waals surface area contributed by atoms with Crippen LogP contribution in [-0.2, 0) is 16.0 Å². The van der Waals surface area contributed by atoms with Gasteiger partial charge in [0.05, 0.1) is 7.11 Å². The summed E-state index contributed by atoms with van der Waals surface area (Å²) in [4.78, 5) is 27.6. The molecule has 0 spiro atoms. The van der Waals surface area contributed by atoms with E-state index in [0.717, 1.165) is 16.5 Å². The fourth-order valence-corrected chi connectivity index (χ4v) is 2.62. The van der Waals surface area contributed by atoms with E-state index in [-0.39, 0.29) is 5.91 Å². The third kappa shape index (κ3) is 3.46. The summed E-state index contributed by atoms with van der Waals surface area (Å²) in [7, 11) is 1.32. The van der Waals surface area contributed by atoms with E-state index in [1.165, 1.54) is 7.11 Å². The van der Waals surface area contributed by atoms with Crippen LogP contribution in [0.1, 0.15) is 15.9 Å². The van der Waals surface area contributed by atoms with Gasteiger partial charge in [-0.05, 0) is 29.1 Å². The number of H-pyrrole nitrogens is 1. The summed E-state index contributed by atoms with van der Waals surface area (Å²) in [6.07, 6.45) is 2.20. The number of rotatable bonds is 5. The lowest BCUT2D eigenvalue weighted by molar-refractivity contribution is -0.142. The van der Waals surface area contributed by atoms with Crippen molar-refractivity contribution in [3.05, 3.63) is 71.9 Å². The van der Waals surface area contributed by atoms with Crippen molar-refractivity contribution in [2.45, 2.75) is 12.5 Å². The van der Waals surface area contributed by atoms with Crippen molar-refractivity contribution in [1.29, 1.82) is 0 Å². The van der Waals surface area contributed by atoms with Crippen molar-refractivity contribution in [3.63, 3.8) is 0 Å². The number of aromatic amines is 1. The second kappa shape index (κ2) is 7.00. The van der Waals surface area contributed by atoms with E-state index >= 15 is 0 Å². The van der Waals surface area contributed by atoms with Gasteiger partial charge in [0.15, 0.2) is 0 Å². The van der Waals surface area contributed by atoms with Gasteiger partial charge in [0, 0.05) is 23.7 Å². The van der Waals surface area contributed by atoms with E-state index in [1.54, 1.807) is 12.1 Å². The number of benzene rings is 2. The molecule has 5 heteroatoms. The molecule has 24 heavy (non-hydrogen) atoms. The number of carbonyl (C=O) groups excluding carboxylic acids is 2. The summed E-state index contributed by atoms with van der Waals surface area (Å²) in [6.45, 7) is 0. The zero-order chi connectivity index (χ0) is 16.9. The van der Waals surface area contributed by atoms with Crippen LogP contribution < -0.4 is 5.32 Å². The quantitative estimate of drug-likeness (QED) is 0.710. The molecular weight excluding hydrogens is 304 g/mol. The maximum atomic E-state index is 12.5. The zero-order valence-electron chi connectivity index (χ0n) is 13.3. The van der Waals surface area contributed by atoms with Gasteiger partial charge in [0.1, 0.15) is 6.04 Å². The molecule has 2 aromatic carbocycles. The van der Waals surface area contributed by atoms with Crippen LogP contribution in [0.2, 0.25) is 0 Å². The molecule has 3 rings (SSSR count). The van der Waals surface area contributed by atoms with Crippen LogP contribution in [0.3, 0.4) is 0 Å². The molecule has 3 aromatic rings. The van der Waals surface area contributed by atoms with Crippen LogP contribution in [0, 0.1) is 0 Å². The summed E-state index contributed by atoms with van der Waals surface area (Å²) in [5.41, 5.74) is 2.32. The number of hydrogen-bond donors (Lipinski definition) is 2. The summed E-state index contributed by atoms with van der Waals surface area (Å²) >= 11 is 0. The lowest BCUT2D eigenvalue weighted by Crippen LogP contribution is -2.43. The molecular formula is C19H18N2O3. The summed E-state index contributed by atoms with van der Waals surface area (Å²) < 4.78 is 4.82. The van der Waals surface area contributed by atoms with E-state index < -0.39 is 12.0 Å². The largest absolute Gasteiger partial charge is 0.467 e. The number of carbonyl (C=O) groups is 2. The fourth-order valence-electron chi connectivity index (χ4n) is 2.62. The Labute approximate surface area is 139 Å². The lowest BCUT2D eigenvalue weighted by Gasteiger charge is -2.16. The summed E-state index contributed by atoms with van der Waals surface area (Å²) in [6, 6.07) is 16.1. The molecule has 0 bridgehead atoms. The normalized spacial score (nSPS) is 11.9. The Morgan fingerprint density at radius 1 is 1.12 bits per heavy atom. The van der Waals surface area contributed by atoms with Gasteiger partial charge in [-0.2, -0.15) is 0 Å². The van der Waals surface area contributed by atoms with E-state index in [1.807, 2.05) is 48.7 Å². The number of esters is 1. The minimum atomic E-state index is -0.732. The summed E-state index contributed by atoms with van der Waals surface area (Å²) in [5.74, 6) is -0.772. The Morgan fingerprint density at radius 3 is 2.67 bits per heavy atom. The molecule has 1 amide bonds. The maximum absolute atomic E-state index is 12.5.